The molecule has 3 saturated heterocycles. The summed E-state index contributed by atoms with van der Waals surface area (Å²) in [5, 5.41) is 0. The SMILES string of the molecule is Cc1ccc(C(=O)[C@@H]2[C@@H]3C(=O)N(c4cc(C)cc(C)c4)C(=O)[C@@H]3[C@H]3CCCN32)cc1. The largest absolute Gasteiger partial charge is 0.292 e. The zero-order valence-electron chi connectivity index (χ0n) is 17.6. The van der Waals surface area contributed by atoms with E-state index in [2.05, 4.69) is 4.90 Å². The van der Waals surface area contributed by atoms with Crippen molar-refractivity contribution in [1.82, 2.24) is 4.90 Å². The molecule has 5 heteroatoms. The number of aryl methyl sites for hydroxylation is 3. The van der Waals surface area contributed by atoms with E-state index in [0.29, 0.717) is 11.3 Å². The number of rotatable bonds is 3. The van der Waals surface area contributed by atoms with Crippen LogP contribution in [0.2, 0.25) is 0 Å². The second-order valence-electron chi connectivity index (χ2n) is 9.03. The third-order valence-corrected chi connectivity index (χ3v) is 6.92. The molecule has 0 N–H and O–H groups in total. The Morgan fingerprint density at radius 3 is 2.17 bits per heavy atom. The summed E-state index contributed by atoms with van der Waals surface area (Å²) in [7, 11) is 0. The van der Waals surface area contributed by atoms with Gasteiger partial charge in [-0.1, -0.05) is 35.9 Å². The maximum absolute atomic E-state index is 13.6. The summed E-state index contributed by atoms with van der Waals surface area (Å²) in [5.74, 6) is -1.45. The average molecular weight is 402 g/mol. The van der Waals surface area contributed by atoms with Crippen LogP contribution in [0.15, 0.2) is 42.5 Å². The molecule has 0 spiro atoms. The number of fused-ring (bicyclic) bond motifs is 3. The number of carbonyl (C=O) groups is 3. The van der Waals surface area contributed by atoms with Gasteiger partial charge in [0.25, 0.3) is 0 Å². The number of Topliss-reactive ketones (excluding diaryl/α,β-unsaturated/α-hetero) is 1. The van der Waals surface area contributed by atoms with Crippen molar-refractivity contribution < 1.29 is 14.4 Å². The fourth-order valence-electron chi connectivity index (χ4n) is 5.74. The molecule has 30 heavy (non-hydrogen) atoms. The minimum absolute atomic E-state index is 0.0262. The van der Waals surface area contributed by atoms with Crippen LogP contribution in [0, 0.1) is 32.6 Å². The molecule has 0 aliphatic carbocycles. The van der Waals surface area contributed by atoms with E-state index in [1.54, 1.807) is 0 Å². The minimum Gasteiger partial charge on any atom is -0.292 e. The molecule has 154 valence electrons. The lowest BCUT2D eigenvalue weighted by Gasteiger charge is -2.27. The van der Waals surface area contributed by atoms with Gasteiger partial charge in [0.1, 0.15) is 0 Å². The monoisotopic (exact) mass is 402 g/mol. The number of benzene rings is 2. The van der Waals surface area contributed by atoms with Gasteiger partial charge in [-0.3, -0.25) is 19.3 Å². The van der Waals surface area contributed by atoms with Crippen molar-refractivity contribution in [2.45, 2.75) is 45.7 Å². The van der Waals surface area contributed by atoms with E-state index in [9.17, 15) is 14.4 Å². The molecule has 5 nitrogen and oxygen atoms in total. The predicted octanol–water partition coefficient (Wildman–Crippen LogP) is 3.45. The first-order valence-electron chi connectivity index (χ1n) is 10.7. The standard InChI is InChI=1S/C25H26N2O3/c1-14-6-8-17(9-7-14)23(28)22-21-20(19-5-4-10-26(19)22)24(29)27(25(21)30)18-12-15(2)11-16(3)13-18/h6-9,11-13,19-22H,4-5,10H2,1-3H3/t19-,20-,21-,22+/m1/s1. The Morgan fingerprint density at radius 1 is 0.867 bits per heavy atom. The highest BCUT2D eigenvalue weighted by molar-refractivity contribution is 6.24. The molecule has 2 amide bonds. The first-order valence-corrected chi connectivity index (χ1v) is 10.7. The summed E-state index contributed by atoms with van der Waals surface area (Å²) in [6.45, 7) is 6.68. The van der Waals surface area contributed by atoms with Crippen molar-refractivity contribution in [2.75, 3.05) is 11.4 Å². The number of imide groups is 1. The molecule has 3 fully saturated rings. The highest BCUT2D eigenvalue weighted by atomic mass is 16.2. The van der Waals surface area contributed by atoms with Crippen LogP contribution in [-0.2, 0) is 9.59 Å². The number of amides is 2. The second-order valence-corrected chi connectivity index (χ2v) is 9.03. The molecule has 0 saturated carbocycles. The fraction of sp³-hybridized carbons (Fsp3) is 0.400. The van der Waals surface area contributed by atoms with Crippen molar-refractivity contribution in [2.24, 2.45) is 11.8 Å². The van der Waals surface area contributed by atoms with Crippen LogP contribution in [-0.4, -0.2) is 41.1 Å². The molecular formula is C25H26N2O3. The van der Waals surface area contributed by atoms with Crippen molar-refractivity contribution in [1.29, 1.82) is 0 Å². The molecule has 3 aliphatic rings. The van der Waals surface area contributed by atoms with Gasteiger partial charge in [-0.25, -0.2) is 4.90 Å². The highest BCUT2D eigenvalue weighted by Gasteiger charge is 2.64. The normalized spacial score (nSPS) is 28.2. The van der Waals surface area contributed by atoms with Crippen LogP contribution in [0.5, 0.6) is 0 Å². The van der Waals surface area contributed by atoms with E-state index in [0.717, 1.165) is 36.1 Å². The molecule has 5 rings (SSSR count). The lowest BCUT2D eigenvalue weighted by Crippen LogP contribution is -2.46. The topological polar surface area (TPSA) is 57.7 Å². The summed E-state index contributed by atoms with van der Waals surface area (Å²) in [6, 6.07) is 12.7. The first-order chi connectivity index (χ1) is 14.4. The zero-order chi connectivity index (χ0) is 21.2. The molecule has 0 unspecified atom stereocenters. The summed E-state index contributed by atoms with van der Waals surface area (Å²) in [6.07, 6.45) is 1.81. The zero-order valence-corrected chi connectivity index (χ0v) is 17.6. The van der Waals surface area contributed by atoms with Crippen LogP contribution < -0.4 is 4.90 Å². The maximum Gasteiger partial charge on any atom is 0.239 e. The summed E-state index contributed by atoms with van der Waals surface area (Å²) < 4.78 is 0. The third-order valence-electron chi connectivity index (χ3n) is 6.92. The summed E-state index contributed by atoms with van der Waals surface area (Å²) >= 11 is 0. The molecular weight excluding hydrogens is 376 g/mol. The fourth-order valence-corrected chi connectivity index (χ4v) is 5.74. The number of carbonyl (C=O) groups excluding carboxylic acids is 3. The van der Waals surface area contributed by atoms with Crippen LogP contribution in [0.1, 0.15) is 39.9 Å². The molecule has 4 atom stereocenters. The van der Waals surface area contributed by atoms with Gasteiger partial charge in [0.2, 0.25) is 11.8 Å². The van der Waals surface area contributed by atoms with Gasteiger partial charge in [0, 0.05) is 11.6 Å². The van der Waals surface area contributed by atoms with E-state index in [1.165, 1.54) is 4.90 Å². The van der Waals surface area contributed by atoms with Gasteiger partial charge in [-0.2, -0.15) is 0 Å². The maximum atomic E-state index is 13.6. The van der Waals surface area contributed by atoms with Crippen molar-refractivity contribution in [3.05, 3.63) is 64.7 Å². The smallest absolute Gasteiger partial charge is 0.239 e. The van der Waals surface area contributed by atoms with E-state index < -0.39 is 17.9 Å². The van der Waals surface area contributed by atoms with Gasteiger partial charge in [-0.05, 0) is 63.4 Å². The Labute approximate surface area is 176 Å². The minimum atomic E-state index is -0.600. The van der Waals surface area contributed by atoms with Gasteiger partial charge >= 0.3 is 0 Å². The van der Waals surface area contributed by atoms with E-state index >= 15 is 0 Å². The van der Waals surface area contributed by atoms with Gasteiger partial charge in [-0.15, -0.1) is 0 Å². The third kappa shape index (κ3) is 2.76. The lowest BCUT2D eigenvalue weighted by atomic mass is 9.85. The number of ketones is 1. The molecule has 2 aromatic rings. The van der Waals surface area contributed by atoms with Crippen LogP contribution in [0.25, 0.3) is 0 Å². The average Bonchev–Trinajstić information content (AvgIpc) is 3.33. The van der Waals surface area contributed by atoms with Gasteiger partial charge in [0.05, 0.1) is 23.6 Å². The predicted molar refractivity (Wildman–Crippen MR) is 114 cm³/mol. The molecule has 3 aliphatic heterocycles. The van der Waals surface area contributed by atoms with Crippen LogP contribution in [0.3, 0.4) is 0 Å². The Kier molecular flexibility index (Phi) is 4.40. The number of hydrogen-bond donors (Lipinski definition) is 0. The van der Waals surface area contributed by atoms with Crippen molar-refractivity contribution >= 4 is 23.3 Å². The Bertz CT molecular complexity index is 1040. The Balaban J connectivity index is 1.56. The first kappa shape index (κ1) is 19.2. The molecule has 0 radical (unpaired) electrons. The molecule has 0 bridgehead atoms. The summed E-state index contributed by atoms with van der Waals surface area (Å²) in [5.41, 5.74) is 4.35. The van der Waals surface area contributed by atoms with Crippen molar-refractivity contribution in [3.8, 4) is 0 Å². The van der Waals surface area contributed by atoms with Crippen molar-refractivity contribution in [3.63, 3.8) is 0 Å². The van der Waals surface area contributed by atoms with E-state index in [-0.39, 0.29) is 23.6 Å². The highest BCUT2D eigenvalue weighted by Crippen LogP contribution is 2.48. The van der Waals surface area contributed by atoms with Crippen LogP contribution in [0.4, 0.5) is 5.69 Å². The van der Waals surface area contributed by atoms with E-state index in [1.807, 2.05) is 63.2 Å². The number of nitrogens with zero attached hydrogens (tertiary/aromatic N) is 2. The number of hydrogen-bond acceptors (Lipinski definition) is 4. The lowest BCUT2D eigenvalue weighted by molar-refractivity contribution is -0.123. The Hall–Kier alpha value is -2.79. The second kappa shape index (κ2) is 6.88. The number of anilines is 1. The van der Waals surface area contributed by atoms with Gasteiger partial charge < -0.3 is 0 Å². The van der Waals surface area contributed by atoms with Crippen LogP contribution >= 0.6 is 0 Å². The Morgan fingerprint density at radius 2 is 1.50 bits per heavy atom. The molecule has 0 aromatic heterocycles. The molecule has 3 heterocycles. The van der Waals surface area contributed by atoms with Gasteiger partial charge in [0.15, 0.2) is 5.78 Å². The van der Waals surface area contributed by atoms with E-state index in [4.69, 9.17) is 0 Å². The summed E-state index contributed by atoms with van der Waals surface area (Å²) in [4.78, 5) is 44.1. The quantitative estimate of drug-likeness (QED) is 0.583. The molecule has 2 aromatic carbocycles.